The van der Waals surface area contributed by atoms with Gasteiger partial charge in [-0.25, -0.2) is 0 Å². The first-order valence-corrected chi connectivity index (χ1v) is 7.83. The van der Waals surface area contributed by atoms with E-state index in [2.05, 4.69) is 16.7 Å². The average Bonchev–Trinajstić information content (AvgIpc) is 2.52. The summed E-state index contributed by atoms with van der Waals surface area (Å²) in [6.45, 7) is 3.84. The van der Waals surface area contributed by atoms with Gasteiger partial charge in [0.2, 0.25) is 0 Å². The van der Waals surface area contributed by atoms with E-state index in [-0.39, 0.29) is 17.6 Å². The van der Waals surface area contributed by atoms with Crippen LogP contribution < -0.4 is 20.1 Å². The number of aryl methyl sites for hydroxylation is 2. The first kappa shape index (κ1) is 17.7. The highest BCUT2D eigenvalue weighted by Gasteiger charge is 2.09. The standard InChI is InChI=1S/C18H20N2O3S/c1-12-8-13(2)10-14(9-12)19-18(24)20-17(21)11-23-16-7-5-4-6-15(16)22-3/h4-10H,11H2,1-3H3,(H2,19,20,21,24). The van der Waals surface area contributed by atoms with Gasteiger partial charge in [-0.3, -0.25) is 10.1 Å². The van der Waals surface area contributed by atoms with E-state index in [0.717, 1.165) is 16.8 Å². The molecule has 0 saturated carbocycles. The smallest absolute Gasteiger partial charge is 0.264 e. The summed E-state index contributed by atoms with van der Waals surface area (Å²) < 4.78 is 10.6. The molecule has 0 aliphatic carbocycles. The van der Waals surface area contributed by atoms with Crippen molar-refractivity contribution in [1.82, 2.24) is 5.32 Å². The maximum atomic E-state index is 11.9. The first-order chi connectivity index (χ1) is 11.5. The number of rotatable bonds is 5. The predicted molar refractivity (Wildman–Crippen MR) is 98.8 cm³/mol. The third-order valence-corrected chi connectivity index (χ3v) is 3.36. The lowest BCUT2D eigenvalue weighted by Crippen LogP contribution is -2.37. The van der Waals surface area contributed by atoms with Gasteiger partial charge >= 0.3 is 0 Å². The number of amides is 1. The third kappa shape index (κ3) is 5.24. The molecule has 24 heavy (non-hydrogen) atoms. The van der Waals surface area contributed by atoms with Gasteiger partial charge < -0.3 is 14.8 Å². The molecule has 0 saturated heterocycles. The maximum absolute atomic E-state index is 11.9. The minimum atomic E-state index is -0.345. The summed E-state index contributed by atoms with van der Waals surface area (Å²) in [7, 11) is 1.55. The molecule has 0 aliphatic rings. The van der Waals surface area contributed by atoms with E-state index in [1.54, 1.807) is 19.2 Å². The molecule has 0 bridgehead atoms. The number of benzene rings is 2. The number of carbonyl (C=O) groups is 1. The second-order valence-corrected chi connectivity index (χ2v) is 5.73. The Morgan fingerprint density at radius 1 is 1.08 bits per heavy atom. The number of carbonyl (C=O) groups excluding carboxylic acids is 1. The van der Waals surface area contributed by atoms with Gasteiger partial charge in [-0.05, 0) is 61.5 Å². The second kappa shape index (κ2) is 8.31. The predicted octanol–water partition coefficient (Wildman–Crippen LogP) is 3.20. The van der Waals surface area contributed by atoms with Gasteiger partial charge in [0.25, 0.3) is 5.91 Å². The van der Waals surface area contributed by atoms with Crippen LogP contribution in [0.25, 0.3) is 0 Å². The molecule has 0 aliphatic heterocycles. The molecule has 2 N–H and O–H groups in total. The lowest BCUT2D eigenvalue weighted by Gasteiger charge is -2.12. The minimum absolute atomic E-state index is 0.158. The Hall–Kier alpha value is -2.60. The summed E-state index contributed by atoms with van der Waals surface area (Å²) in [4.78, 5) is 11.9. The van der Waals surface area contributed by atoms with E-state index in [1.165, 1.54) is 0 Å². The zero-order valence-electron chi connectivity index (χ0n) is 13.9. The van der Waals surface area contributed by atoms with Crippen molar-refractivity contribution in [3.63, 3.8) is 0 Å². The highest BCUT2D eigenvalue weighted by Crippen LogP contribution is 2.25. The molecule has 2 aromatic rings. The number of thiocarbonyl (C=S) groups is 1. The van der Waals surface area contributed by atoms with E-state index in [9.17, 15) is 4.79 Å². The van der Waals surface area contributed by atoms with Crippen LogP contribution in [0.5, 0.6) is 11.5 Å². The van der Waals surface area contributed by atoms with Gasteiger partial charge in [-0.2, -0.15) is 0 Å². The molecular formula is C18H20N2O3S. The zero-order chi connectivity index (χ0) is 17.5. The van der Waals surface area contributed by atoms with E-state index < -0.39 is 0 Å². The van der Waals surface area contributed by atoms with E-state index in [1.807, 2.05) is 38.1 Å². The zero-order valence-corrected chi connectivity index (χ0v) is 14.7. The fraction of sp³-hybridized carbons (Fsp3) is 0.222. The number of ether oxygens (including phenoxy) is 2. The van der Waals surface area contributed by atoms with Crippen molar-refractivity contribution in [3.8, 4) is 11.5 Å². The van der Waals surface area contributed by atoms with Crippen LogP contribution in [-0.2, 0) is 4.79 Å². The summed E-state index contributed by atoms with van der Waals surface area (Å²) in [6, 6.07) is 13.1. The van der Waals surface area contributed by atoms with Crippen LogP contribution in [-0.4, -0.2) is 24.7 Å². The van der Waals surface area contributed by atoms with Crippen molar-refractivity contribution in [1.29, 1.82) is 0 Å². The molecule has 1 amide bonds. The molecule has 0 atom stereocenters. The molecule has 0 aromatic heterocycles. The molecule has 2 rings (SSSR count). The van der Waals surface area contributed by atoms with Crippen LogP contribution in [0, 0.1) is 13.8 Å². The molecule has 0 unspecified atom stereocenters. The number of nitrogens with one attached hydrogen (secondary N) is 2. The van der Waals surface area contributed by atoms with Gasteiger partial charge in [0.05, 0.1) is 7.11 Å². The van der Waals surface area contributed by atoms with Crippen LogP contribution in [0.15, 0.2) is 42.5 Å². The summed E-state index contributed by atoms with van der Waals surface area (Å²) in [5.41, 5.74) is 3.07. The number of hydrogen-bond donors (Lipinski definition) is 2. The highest BCUT2D eigenvalue weighted by atomic mass is 32.1. The fourth-order valence-electron chi connectivity index (χ4n) is 2.25. The molecule has 0 fully saturated rings. The Morgan fingerprint density at radius 2 is 1.71 bits per heavy atom. The molecule has 0 spiro atoms. The highest BCUT2D eigenvalue weighted by molar-refractivity contribution is 7.80. The Kier molecular flexibility index (Phi) is 6.14. The van der Waals surface area contributed by atoms with Crippen molar-refractivity contribution in [2.45, 2.75) is 13.8 Å². The Bertz CT molecular complexity index is 727. The molecule has 0 radical (unpaired) electrons. The van der Waals surface area contributed by atoms with Gasteiger partial charge in [-0.1, -0.05) is 18.2 Å². The summed E-state index contributed by atoms with van der Waals surface area (Å²) >= 11 is 5.16. The van der Waals surface area contributed by atoms with Crippen LogP contribution in [0.4, 0.5) is 5.69 Å². The third-order valence-electron chi connectivity index (χ3n) is 3.16. The SMILES string of the molecule is COc1ccccc1OCC(=O)NC(=S)Nc1cc(C)cc(C)c1. The molecule has 126 valence electrons. The van der Waals surface area contributed by atoms with Gasteiger partial charge in [-0.15, -0.1) is 0 Å². The normalized spacial score (nSPS) is 9.96. The van der Waals surface area contributed by atoms with E-state index >= 15 is 0 Å². The van der Waals surface area contributed by atoms with Gasteiger partial charge in [0, 0.05) is 5.69 Å². The Labute approximate surface area is 147 Å². The fourth-order valence-corrected chi connectivity index (χ4v) is 2.48. The minimum Gasteiger partial charge on any atom is -0.493 e. The van der Waals surface area contributed by atoms with E-state index in [0.29, 0.717) is 11.5 Å². The van der Waals surface area contributed by atoms with Crippen molar-refractivity contribution in [2.75, 3.05) is 19.0 Å². The number of methoxy groups -OCH3 is 1. The first-order valence-electron chi connectivity index (χ1n) is 7.43. The van der Waals surface area contributed by atoms with Crippen molar-refractivity contribution >= 4 is 28.9 Å². The second-order valence-electron chi connectivity index (χ2n) is 5.32. The quantitative estimate of drug-likeness (QED) is 0.816. The average molecular weight is 344 g/mol. The number of anilines is 1. The van der Waals surface area contributed by atoms with E-state index in [4.69, 9.17) is 21.7 Å². The molecule has 0 heterocycles. The monoisotopic (exact) mass is 344 g/mol. The van der Waals surface area contributed by atoms with Crippen LogP contribution in [0.2, 0.25) is 0 Å². The molecule has 2 aromatic carbocycles. The van der Waals surface area contributed by atoms with Gasteiger partial charge in [0.15, 0.2) is 23.2 Å². The number of para-hydroxylation sites is 2. The topological polar surface area (TPSA) is 59.6 Å². The lowest BCUT2D eigenvalue weighted by atomic mass is 10.1. The summed E-state index contributed by atoms with van der Waals surface area (Å²) in [5.74, 6) is 0.729. The lowest BCUT2D eigenvalue weighted by molar-refractivity contribution is -0.121. The maximum Gasteiger partial charge on any atom is 0.264 e. The Morgan fingerprint density at radius 3 is 2.33 bits per heavy atom. The number of hydrogen-bond acceptors (Lipinski definition) is 4. The van der Waals surface area contributed by atoms with Crippen molar-refractivity contribution < 1.29 is 14.3 Å². The van der Waals surface area contributed by atoms with Crippen molar-refractivity contribution in [2.24, 2.45) is 0 Å². The Balaban J connectivity index is 1.86. The largest absolute Gasteiger partial charge is 0.493 e. The van der Waals surface area contributed by atoms with Crippen LogP contribution in [0.1, 0.15) is 11.1 Å². The van der Waals surface area contributed by atoms with Gasteiger partial charge in [0.1, 0.15) is 0 Å². The summed E-state index contributed by atoms with van der Waals surface area (Å²) in [6.07, 6.45) is 0. The molecule has 5 nitrogen and oxygen atoms in total. The van der Waals surface area contributed by atoms with Crippen LogP contribution >= 0.6 is 12.2 Å². The molecule has 6 heteroatoms. The summed E-state index contributed by atoms with van der Waals surface area (Å²) in [5, 5.41) is 5.82. The molecular weight excluding hydrogens is 324 g/mol. The van der Waals surface area contributed by atoms with Crippen LogP contribution in [0.3, 0.4) is 0 Å². The van der Waals surface area contributed by atoms with Crippen molar-refractivity contribution in [3.05, 3.63) is 53.6 Å².